The lowest BCUT2D eigenvalue weighted by Crippen LogP contribution is -2.65. The van der Waals surface area contributed by atoms with Crippen molar-refractivity contribution < 1.29 is 23.9 Å². The first-order valence-electron chi connectivity index (χ1n) is 12.5. The molecule has 0 aromatic rings. The number of carbonyl (C=O) groups is 3. The van der Waals surface area contributed by atoms with Crippen molar-refractivity contribution in [3.8, 4) is 0 Å². The Bertz CT molecular complexity index is 767. The highest BCUT2D eigenvalue weighted by Gasteiger charge is 2.60. The maximum absolute atomic E-state index is 14.2. The van der Waals surface area contributed by atoms with Gasteiger partial charge in [0.2, 0.25) is 5.91 Å². The highest BCUT2D eigenvalue weighted by atomic mass is 16.6. The summed E-state index contributed by atoms with van der Waals surface area (Å²) in [5.74, 6) is 1.66. The summed E-state index contributed by atoms with van der Waals surface area (Å²) in [6.07, 6.45) is 8.90. The molecule has 6 fully saturated rings. The Labute approximate surface area is 190 Å². The van der Waals surface area contributed by atoms with Crippen LogP contribution in [0.5, 0.6) is 0 Å². The molecule has 1 N–H and O–H groups in total. The van der Waals surface area contributed by atoms with E-state index in [4.69, 9.17) is 9.47 Å². The molecule has 0 spiro atoms. The zero-order valence-corrected chi connectivity index (χ0v) is 19.9. The maximum Gasteiger partial charge on any atom is 0.408 e. The largest absolute Gasteiger partial charge is 0.467 e. The monoisotopic (exact) mass is 446 g/mol. The van der Waals surface area contributed by atoms with Crippen molar-refractivity contribution in [1.82, 2.24) is 10.2 Å². The molecule has 0 radical (unpaired) electrons. The summed E-state index contributed by atoms with van der Waals surface area (Å²) in [4.78, 5) is 41.6. The number of piperidine rings is 1. The van der Waals surface area contributed by atoms with Crippen LogP contribution in [-0.4, -0.2) is 53.7 Å². The van der Waals surface area contributed by atoms with Gasteiger partial charge in [0.05, 0.1) is 7.11 Å². The summed E-state index contributed by atoms with van der Waals surface area (Å²) in [5, 5.41) is 3.04. The first kappa shape index (κ1) is 22.0. The topological polar surface area (TPSA) is 84.9 Å². The fraction of sp³-hybridized carbons (Fsp3) is 0.880. The quantitative estimate of drug-likeness (QED) is 0.667. The Morgan fingerprint density at radius 2 is 1.56 bits per heavy atom. The number of amides is 2. The molecule has 6 rings (SSSR count). The molecule has 7 heteroatoms. The predicted octanol–water partition coefficient (Wildman–Crippen LogP) is 3.65. The number of rotatable bonds is 4. The van der Waals surface area contributed by atoms with E-state index < -0.39 is 23.8 Å². The van der Waals surface area contributed by atoms with Crippen molar-refractivity contribution in [2.45, 2.75) is 102 Å². The number of alkyl carbamates (subject to hydrolysis) is 1. The third-order valence-corrected chi connectivity index (χ3v) is 8.89. The number of methoxy groups -OCH3 is 1. The molecule has 0 aromatic carbocycles. The van der Waals surface area contributed by atoms with E-state index in [-0.39, 0.29) is 29.3 Å². The van der Waals surface area contributed by atoms with E-state index in [1.54, 1.807) is 4.90 Å². The zero-order valence-electron chi connectivity index (χ0n) is 19.9. The summed E-state index contributed by atoms with van der Waals surface area (Å²) < 4.78 is 10.7. The van der Waals surface area contributed by atoms with Gasteiger partial charge in [-0.1, -0.05) is 0 Å². The molecule has 1 unspecified atom stereocenters. The van der Waals surface area contributed by atoms with Gasteiger partial charge in [0.1, 0.15) is 17.7 Å². The molecule has 7 nitrogen and oxygen atoms in total. The van der Waals surface area contributed by atoms with Crippen LogP contribution in [0.2, 0.25) is 0 Å². The second-order valence-corrected chi connectivity index (χ2v) is 12.3. The van der Waals surface area contributed by atoms with Crippen molar-refractivity contribution in [2.75, 3.05) is 7.11 Å². The van der Waals surface area contributed by atoms with Crippen molar-refractivity contribution in [3.63, 3.8) is 0 Å². The Balaban J connectivity index is 1.46. The minimum Gasteiger partial charge on any atom is -0.467 e. The number of carbonyl (C=O) groups excluding carboxylic acids is 3. The normalized spacial score (nSPS) is 40.3. The van der Waals surface area contributed by atoms with Crippen LogP contribution in [0.25, 0.3) is 0 Å². The lowest BCUT2D eigenvalue weighted by Gasteiger charge is -2.59. The Kier molecular flexibility index (Phi) is 5.25. The van der Waals surface area contributed by atoms with Crippen molar-refractivity contribution in [1.29, 1.82) is 0 Å². The van der Waals surface area contributed by atoms with Crippen LogP contribution in [-0.2, 0) is 19.1 Å². The van der Waals surface area contributed by atoms with E-state index in [1.807, 2.05) is 20.8 Å². The molecule has 1 saturated heterocycles. The van der Waals surface area contributed by atoms with Crippen molar-refractivity contribution >= 4 is 18.0 Å². The number of esters is 1. The van der Waals surface area contributed by atoms with Gasteiger partial charge in [-0.3, -0.25) is 4.79 Å². The van der Waals surface area contributed by atoms with E-state index in [2.05, 4.69) is 5.32 Å². The highest BCUT2D eigenvalue weighted by molar-refractivity contribution is 5.91. The summed E-state index contributed by atoms with van der Waals surface area (Å²) in [5.41, 5.74) is -0.869. The van der Waals surface area contributed by atoms with Gasteiger partial charge in [-0.25, -0.2) is 9.59 Å². The average Bonchev–Trinajstić information content (AvgIpc) is 3.30. The van der Waals surface area contributed by atoms with E-state index >= 15 is 0 Å². The lowest BCUT2D eigenvalue weighted by molar-refractivity contribution is -0.160. The van der Waals surface area contributed by atoms with E-state index in [0.29, 0.717) is 17.8 Å². The van der Waals surface area contributed by atoms with Crippen LogP contribution in [0.1, 0.15) is 78.6 Å². The first-order chi connectivity index (χ1) is 15.1. The molecule has 1 aliphatic heterocycles. The minimum absolute atomic E-state index is 0.0634. The summed E-state index contributed by atoms with van der Waals surface area (Å²) in [7, 11) is 1.40. The number of hydrogen-bond donors (Lipinski definition) is 1. The molecule has 5 saturated carbocycles. The Hall–Kier alpha value is -1.79. The zero-order chi connectivity index (χ0) is 22.8. The number of hydrogen-bond acceptors (Lipinski definition) is 5. The van der Waals surface area contributed by atoms with E-state index in [9.17, 15) is 14.4 Å². The van der Waals surface area contributed by atoms with Crippen molar-refractivity contribution in [2.24, 2.45) is 29.1 Å². The van der Waals surface area contributed by atoms with Crippen molar-refractivity contribution in [3.05, 3.63) is 0 Å². The maximum atomic E-state index is 14.2. The second-order valence-electron chi connectivity index (χ2n) is 12.3. The molecule has 1 heterocycles. The van der Waals surface area contributed by atoms with Gasteiger partial charge in [-0.15, -0.1) is 0 Å². The molecule has 6 aliphatic rings. The summed E-state index contributed by atoms with van der Waals surface area (Å²) >= 11 is 0. The van der Waals surface area contributed by atoms with E-state index in [1.165, 1.54) is 26.4 Å². The molecule has 178 valence electrons. The SMILES string of the molecule is COC(=O)[C@@H]1[C@H]2CC[C@H](C2)N1C(=O)C(NC(=O)OC(C)(C)C)C12CC3CC(CC(C3)C1)C2. The van der Waals surface area contributed by atoms with Crippen LogP contribution < -0.4 is 5.32 Å². The molecule has 0 aromatic heterocycles. The highest BCUT2D eigenvalue weighted by Crippen LogP contribution is 2.61. The number of nitrogens with one attached hydrogen (secondary N) is 1. The number of ether oxygens (including phenoxy) is 2. The average molecular weight is 447 g/mol. The van der Waals surface area contributed by atoms with Gasteiger partial charge in [0.15, 0.2) is 0 Å². The molecule has 2 amide bonds. The van der Waals surface area contributed by atoms with Gasteiger partial charge in [-0.05, 0) is 102 Å². The van der Waals surface area contributed by atoms with Crippen LogP contribution in [0.15, 0.2) is 0 Å². The van der Waals surface area contributed by atoms with Gasteiger partial charge in [0.25, 0.3) is 0 Å². The third kappa shape index (κ3) is 3.69. The fourth-order valence-corrected chi connectivity index (χ4v) is 8.31. The number of likely N-dealkylation sites (tertiary alicyclic amines) is 1. The number of fused-ring (bicyclic) bond motifs is 2. The van der Waals surface area contributed by atoms with Crippen LogP contribution in [0, 0.1) is 29.1 Å². The van der Waals surface area contributed by atoms with Crippen LogP contribution in [0.3, 0.4) is 0 Å². The third-order valence-electron chi connectivity index (χ3n) is 8.89. The second kappa shape index (κ2) is 7.63. The molecule has 6 bridgehead atoms. The Morgan fingerprint density at radius 1 is 0.969 bits per heavy atom. The fourth-order valence-electron chi connectivity index (χ4n) is 8.31. The van der Waals surface area contributed by atoms with Gasteiger partial charge in [0, 0.05) is 11.5 Å². The van der Waals surface area contributed by atoms with Gasteiger partial charge in [-0.2, -0.15) is 0 Å². The predicted molar refractivity (Wildman–Crippen MR) is 118 cm³/mol. The molecule has 32 heavy (non-hydrogen) atoms. The molecular formula is C25H38N2O5. The molecule has 5 aliphatic carbocycles. The van der Waals surface area contributed by atoms with Gasteiger partial charge < -0.3 is 19.7 Å². The molecular weight excluding hydrogens is 408 g/mol. The van der Waals surface area contributed by atoms with Crippen LogP contribution >= 0.6 is 0 Å². The van der Waals surface area contributed by atoms with Crippen LogP contribution in [0.4, 0.5) is 4.79 Å². The minimum atomic E-state index is -0.641. The summed E-state index contributed by atoms with van der Waals surface area (Å²) in [6, 6.07) is -1.10. The summed E-state index contributed by atoms with van der Waals surface area (Å²) in [6.45, 7) is 5.50. The lowest BCUT2D eigenvalue weighted by atomic mass is 9.47. The van der Waals surface area contributed by atoms with Gasteiger partial charge >= 0.3 is 12.1 Å². The first-order valence-corrected chi connectivity index (χ1v) is 12.5. The standard InChI is InChI=1S/C25H38N2O5/c1-24(2,3)32-23(30)26-20(25-11-14-7-15(12-25)9-16(8-14)13-25)21(28)27-18-6-5-17(10-18)19(27)22(29)31-4/h14-20H,5-13H2,1-4H3,(H,26,30)/t14?,15?,16?,17-,18+,19-,20?,25?/m0/s1. The number of nitrogens with zero attached hydrogens (tertiary/aromatic N) is 1. The van der Waals surface area contributed by atoms with E-state index in [0.717, 1.165) is 38.5 Å². The smallest absolute Gasteiger partial charge is 0.408 e. The Morgan fingerprint density at radius 3 is 2.09 bits per heavy atom. The molecule has 4 atom stereocenters.